The van der Waals surface area contributed by atoms with Gasteiger partial charge in [-0.1, -0.05) is 19.3 Å². The lowest BCUT2D eigenvalue weighted by Gasteiger charge is -2.30. The summed E-state index contributed by atoms with van der Waals surface area (Å²) in [5, 5.41) is 3.41. The fourth-order valence-corrected chi connectivity index (χ4v) is 3.27. The minimum absolute atomic E-state index is 0.0203. The van der Waals surface area contributed by atoms with E-state index in [-0.39, 0.29) is 17.9 Å². The first-order valence-electron chi connectivity index (χ1n) is 7.45. The van der Waals surface area contributed by atoms with Crippen molar-refractivity contribution in [3.8, 4) is 0 Å². The molecule has 2 rings (SSSR count). The quantitative estimate of drug-likeness (QED) is 0.790. The first-order chi connectivity index (χ1) is 9.09. The molecule has 108 valence electrons. The van der Waals surface area contributed by atoms with Crippen molar-refractivity contribution in [2.75, 3.05) is 6.54 Å². The van der Waals surface area contributed by atoms with Crippen LogP contribution >= 0.6 is 0 Å². The maximum atomic E-state index is 12.4. The summed E-state index contributed by atoms with van der Waals surface area (Å²) in [5.74, 6) is -0.359. The average Bonchev–Trinajstić information content (AvgIpc) is 2.88. The van der Waals surface area contributed by atoms with E-state index in [1.807, 2.05) is 6.92 Å². The third-order valence-corrected chi connectivity index (χ3v) is 4.33. The molecular formula is C14H25N3O2. The largest absolute Gasteiger partial charge is 0.368 e. The van der Waals surface area contributed by atoms with Gasteiger partial charge in [0.1, 0.15) is 6.04 Å². The summed E-state index contributed by atoms with van der Waals surface area (Å²) in [7, 11) is 0. The van der Waals surface area contributed by atoms with Gasteiger partial charge in [0.05, 0.1) is 6.04 Å². The molecule has 2 aliphatic rings. The second-order valence-corrected chi connectivity index (χ2v) is 5.82. The fraction of sp³-hybridized carbons (Fsp3) is 0.857. The number of likely N-dealkylation sites (tertiary alicyclic amines) is 1. The van der Waals surface area contributed by atoms with Gasteiger partial charge in [-0.15, -0.1) is 0 Å². The van der Waals surface area contributed by atoms with Gasteiger partial charge in [0.2, 0.25) is 11.8 Å². The van der Waals surface area contributed by atoms with Crippen LogP contribution in [0.3, 0.4) is 0 Å². The molecule has 0 unspecified atom stereocenters. The first kappa shape index (κ1) is 14.3. The van der Waals surface area contributed by atoms with Crippen molar-refractivity contribution < 1.29 is 9.59 Å². The van der Waals surface area contributed by atoms with Crippen molar-refractivity contribution >= 4 is 11.8 Å². The molecule has 1 saturated carbocycles. The highest BCUT2D eigenvalue weighted by molar-refractivity contribution is 5.89. The monoisotopic (exact) mass is 267 g/mol. The van der Waals surface area contributed by atoms with Crippen LogP contribution in [-0.2, 0) is 9.59 Å². The Morgan fingerprint density at radius 2 is 1.84 bits per heavy atom. The standard InChI is InChI=1S/C14H25N3O2/c1-10(16-11-6-3-2-4-7-11)14(19)17-9-5-8-12(17)13(15)18/h10-12,16H,2-9H2,1H3,(H2,15,18)/t10-,12-/m0/s1. The van der Waals surface area contributed by atoms with Gasteiger partial charge in [0, 0.05) is 12.6 Å². The molecule has 1 aliphatic heterocycles. The lowest BCUT2D eigenvalue weighted by atomic mass is 9.95. The molecule has 5 heteroatoms. The van der Waals surface area contributed by atoms with Crippen LogP contribution in [0.2, 0.25) is 0 Å². The highest BCUT2D eigenvalue weighted by atomic mass is 16.2. The Morgan fingerprint density at radius 3 is 2.47 bits per heavy atom. The second-order valence-electron chi connectivity index (χ2n) is 5.82. The van der Waals surface area contributed by atoms with E-state index < -0.39 is 6.04 Å². The molecule has 19 heavy (non-hydrogen) atoms. The molecular weight excluding hydrogens is 242 g/mol. The Morgan fingerprint density at radius 1 is 1.16 bits per heavy atom. The number of rotatable bonds is 4. The predicted octanol–water partition coefficient (Wildman–Crippen LogP) is 0.774. The Hall–Kier alpha value is -1.10. The molecule has 0 aromatic rings. The van der Waals surface area contributed by atoms with Crippen LogP contribution in [0.1, 0.15) is 51.9 Å². The highest BCUT2D eigenvalue weighted by Crippen LogP contribution is 2.20. The topological polar surface area (TPSA) is 75.4 Å². The molecule has 2 fully saturated rings. The van der Waals surface area contributed by atoms with Crippen LogP contribution in [-0.4, -0.2) is 41.4 Å². The minimum atomic E-state index is -0.400. The molecule has 0 bridgehead atoms. The van der Waals surface area contributed by atoms with Crippen LogP contribution in [0.25, 0.3) is 0 Å². The third kappa shape index (κ3) is 3.47. The number of nitrogens with two attached hydrogens (primary N) is 1. The minimum Gasteiger partial charge on any atom is -0.368 e. The summed E-state index contributed by atoms with van der Waals surface area (Å²) in [4.78, 5) is 25.4. The normalized spacial score (nSPS) is 26.4. The van der Waals surface area contributed by atoms with Crippen molar-refractivity contribution in [2.24, 2.45) is 5.73 Å². The maximum Gasteiger partial charge on any atom is 0.240 e. The van der Waals surface area contributed by atoms with Crippen LogP contribution in [0, 0.1) is 0 Å². The molecule has 1 heterocycles. The number of hydrogen-bond donors (Lipinski definition) is 2. The molecule has 1 saturated heterocycles. The van der Waals surface area contributed by atoms with E-state index in [9.17, 15) is 9.59 Å². The van der Waals surface area contributed by atoms with Crippen molar-refractivity contribution in [1.82, 2.24) is 10.2 Å². The number of amides is 2. The molecule has 2 amide bonds. The van der Waals surface area contributed by atoms with Gasteiger partial charge in [-0.25, -0.2) is 0 Å². The van der Waals surface area contributed by atoms with Gasteiger partial charge < -0.3 is 16.0 Å². The summed E-state index contributed by atoms with van der Waals surface area (Å²) in [6.07, 6.45) is 7.66. The number of nitrogens with zero attached hydrogens (tertiary/aromatic N) is 1. The van der Waals surface area contributed by atoms with Gasteiger partial charge in [-0.05, 0) is 32.6 Å². The fourth-order valence-electron chi connectivity index (χ4n) is 3.27. The van der Waals surface area contributed by atoms with Gasteiger partial charge in [0.15, 0.2) is 0 Å². The number of carbonyl (C=O) groups excluding carboxylic acids is 2. The van der Waals surface area contributed by atoms with E-state index in [1.54, 1.807) is 4.90 Å². The maximum absolute atomic E-state index is 12.4. The average molecular weight is 267 g/mol. The molecule has 1 aliphatic carbocycles. The zero-order valence-electron chi connectivity index (χ0n) is 11.7. The van der Waals surface area contributed by atoms with Crippen molar-refractivity contribution in [1.29, 1.82) is 0 Å². The van der Waals surface area contributed by atoms with Crippen molar-refractivity contribution in [2.45, 2.75) is 70.0 Å². The SMILES string of the molecule is C[C@H](NC1CCCCC1)C(=O)N1CCC[C@H]1C(N)=O. The smallest absolute Gasteiger partial charge is 0.240 e. The lowest BCUT2D eigenvalue weighted by molar-refractivity contribution is -0.138. The Bertz CT molecular complexity index is 340. The third-order valence-electron chi connectivity index (χ3n) is 4.33. The van der Waals surface area contributed by atoms with Crippen LogP contribution in [0.5, 0.6) is 0 Å². The van der Waals surface area contributed by atoms with Gasteiger partial charge in [-0.2, -0.15) is 0 Å². The Balaban J connectivity index is 1.89. The van der Waals surface area contributed by atoms with E-state index in [2.05, 4.69) is 5.32 Å². The Labute approximate surface area is 114 Å². The second kappa shape index (κ2) is 6.37. The van der Waals surface area contributed by atoms with Crippen molar-refractivity contribution in [3.63, 3.8) is 0 Å². The van der Waals surface area contributed by atoms with Crippen LogP contribution in [0.4, 0.5) is 0 Å². The summed E-state index contributed by atoms with van der Waals surface area (Å²) < 4.78 is 0. The van der Waals surface area contributed by atoms with Gasteiger partial charge in [-0.3, -0.25) is 9.59 Å². The number of primary amides is 1. The van der Waals surface area contributed by atoms with E-state index in [0.29, 0.717) is 19.0 Å². The molecule has 0 radical (unpaired) electrons. The molecule has 2 atom stereocenters. The first-order valence-corrected chi connectivity index (χ1v) is 7.45. The van der Waals surface area contributed by atoms with Gasteiger partial charge >= 0.3 is 0 Å². The van der Waals surface area contributed by atoms with E-state index in [0.717, 1.165) is 19.3 Å². The number of hydrogen-bond acceptors (Lipinski definition) is 3. The molecule has 5 nitrogen and oxygen atoms in total. The van der Waals surface area contributed by atoms with Crippen LogP contribution in [0.15, 0.2) is 0 Å². The Kier molecular flexibility index (Phi) is 4.80. The summed E-state index contributed by atoms with van der Waals surface area (Å²) >= 11 is 0. The molecule has 0 spiro atoms. The lowest BCUT2D eigenvalue weighted by Crippen LogP contribution is -2.52. The molecule has 3 N–H and O–H groups in total. The van der Waals surface area contributed by atoms with E-state index in [4.69, 9.17) is 5.73 Å². The molecule has 0 aromatic heterocycles. The summed E-state index contributed by atoms with van der Waals surface area (Å²) in [5.41, 5.74) is 5.36. The zero-order valence-corrected chi connectivity index (χ0v) is 11.7. The molecule has 0 aromatic carbocycles. The van der Waals surface area contributed by atoms with E-state index >= 15 is 0 Å². The summed E-state index contributed by atoms with van der Waals surface area (Å²) in [6, 6.07) is -0.173. The van der Waals surface area contributed by atoms with E-state index in [1.165, 1.54) is 19.3 Å². The number of nitrogens with one attached hydrogen (secondary N) is 1. The van der Waals surface area contributed by atoms with Crippen molar-refractivity contribution in [3.05, 3.63) is 0 Å². The van der Waals surface area contributed by atoms with Crippen LogP contribution < -0.4 is 11.1 Å². The van der Waals surface area contributed by atoms with Gasteiger partial charge in [0.25, 0.3) is 0 Å². The predicted molar refractivity (Wildman–Crippen MR) is 73.4 cm³/mol. The highest BCUT2D eigenvalue weighted by Gasteiger charge is 2.35. The summed E-state index contributed by atoms with van der Waals surface area (Å²) in [6.45, 7) is 2.55. The zero-order chi connectivity index (χ0) is 13.8. The number of carbonyl (C=O) groups is 2.